The lowest BCUT2D eigenvalue weighted by Gasteiger charge is -2.31. The van der Waals surface area contributed by atoms with Crippen molar-refractivity contribution in [3.05, 3.63) is 60.3 Å². The Hall–Kier alpha value is -3.94. The molecule has 0 saturated carbocycles. The van der Waals surface area contributed by atoms with Gasteiger partial charge in [-0.25, -0.2) is 15.0 Å². The van der Waals surface area contributed by atoms with Gasteiger partial charge in [0, 0.05) is 31.9 Å². The van der Waals surface area contributed by atoms with E-state index >= 15 is 0 Å². The average Bonchev–Trinajstić information content (AvgIpc) is 3.23. The summed E-state index contributed by atoms with van der Waals surface area (Å²) in [5.74, 6) is 1.73. The topological polar surface area (TPSA) is 99.2 Å². The second-order valence-electron chi connectivity index (χ2n) is 7.51. The second kappa shape index (κ2) is 12.0. The molecule has 0 radical (unpaired) electrons. The number of aromatic nitrogens is 4. The molecular formula is C27H34N6O2. The lowest BCUT2D eigenvalue weighted by atomic mass is 10.2. The number of carbonyl (C=O) groups is 1. The molecule has 0 bridgehead atoms. The normalized spacial score (nSPS) is 12.1. The van der Waals surface area contributed by atoms with Crippen molar-refractivity contribution in [3.8, 4) is 17.1 Å². The summed E-state index contributed by atoms with van der Waals surface area (Å²) in [6.07, 6.45) is 2.84. The monoisotopic (exact) mass is 474 g/mol. The average molecular weight is 475 g/mol. The van der Waals surface area contributed by atoms with Gasteiger partial charge < -0.3 is 15.4 Å². The van der Waals surface area contributed by atoms with E-state index in [1.54, 1.807) is 6.20 Å². The quantitative estimate of drug-likeness (QED) is 0.387. The molecule has 4 heterocycles. The minimum Gasteiger partial charge on any atom is -0.461 e. The van der Waals surface area contributed by atoms with E-state index in [1.165, 1.54) is 13.3 Å². The van der Waals surface area contributed by atoms with Crippen LogP contribution in [0.15, 0.2) is 54.7 Å². The molecule has 1 aliphatic heterocycles. The summed E-state index contributed by atoms with van der Waals surface area (Å²) in [5.41, 5.74) is 10.3. The molecule has 35 heavy (non-hydrogen) atoms. The van der Waals surface area contributed by atoms with Gasteiger partial charge in [0.2, 0.25) is 0 Å². The Labute approximate surface area is 206 Å². The summed E-state index contributed by atoms with van der Waals surface area (Å²) in [6, 6.07) is 15.6. The minimum atomic E-state index is -0.304. The van der Waals surface area contributed by atoms with Gasteiger partial charge >= 0.3 is 5.97 Å². The highest BCUT2D eigenvalue weighted by molar-refractivity contribution is 5.84. The molecule has 1 fully saturated rings. The molecule has 1 saturated heterocycles. The number of hydrogen-bond acceptors (Lipinski definition) is 7. The van der Waals surface area contributed by atoms with Gasteiger partial charge in [-0.05, 0) is 48.4 Å². The van der Waals surface area contributed by atoms with Gasteiger partial charge in [0.1, 0.15) is 23.8 Å². The van der Waals surface area contributed by atoms with Gasteiger partial charge in [0.15, 0.2) is 11.5 Å². The minimum absolute atomic E-state index is 0.236. The number of fused-ring (bicyclic) bond motifs is 1. The fourth-order valence-electron chi connectivity index (χ4n) is 3.63. The maximum atomic E-state index is 11.1. The molecule has 0 spiro atoms. The van der Waals surface area contributed by atoms with Crippen LogP contribution in [0.1, 0.15) is 46.6 Å². The van der Waals surface area contributed by atoms with Crippen LogP contribution in [-0.2, 0) is 16.1 Å². The summed E-state index contributed by atoms with van der Waals surface area (Å²) in [7, 11) is 0. The molecule has 2 N–H and O–H groups in total. The van der Waals surface area contributed by atoms with Crippen LogP contribution in [0.3, 0.4) is 0 Å². The van der Waals surface area contributed by atoms with Gasteiger partial charge in [0.05, 0.1) is 5.56 Å². The SMILES string of the molecule is CC.CC.CC(=O)OCc1ccc(-n2c(-c3cccnc3N)nc3ccc(N4CCC4)nc32)cc1. The highest BCUT2D eigenvalue weighted by atomic mass is 16.5. The first-order chi connectivity index (χ1) is 17.1. The molecule has 8 nitrogen and oxygen atoms in total. The number of imidazole rings is 1. The molecular weight excluding hydrogens is 440 g/mol. The number of nitrogens with two attached hydrogens (primary N) is 1. The largest absolute Gasteiger partial charge is 0.461 e. The Morgan fingerprint density at radius 2 is 1.71 bits per heavy atom. The van der Waals surface area contributed by atoms with E-state index < -0.39 is 0 Å². The third-order valence-electron chi connectivity index (χ3n) is 5.39. The number of rotatable bonds is 5. The summed E-state index contributed by atoms with van der Waals surface area (Å²) >= 11 is 0. The Bertz CT molecular complexity index is 1260. The first-order valence-corrected chi connectivity index (χ1v) is 12.2. The van der Waals surface area contributed by atoms with Gasteiger partial charge in [0.25, 0.3) is 0 Å². The van der Waals surface area contributed by atoms with Crippen LogP contribution >= 0.6 is 0 Å². The third-order valence-corrected chi connectivity index (χ3v) is 5.39. The van der Waals surface area contributed by atoms with E-state index in [0.717, 1.165) is 46.9 Å². The van der Waals surface area contributed by atoms with Crippen molar-refractivity contribution in [2.75, 3.05) is 23.7 Å². The number of ether oxygens (including phenoxy) is 1. The van der Waals surface area contributed by atoms with E-state index in [0.29, 0.717) is 11.6 Å². The number of nitrogen functional groups attached to an aromatic ring is 1. The standard InChI is InChI=1S/C23H22N6O2.2C2H6/c1-15(30)31-14-16-5-7-17(8-6-16)29-22(18-4-2-11-25-21(18)24)26-19-9-10-20(27-23(19)29)28-12-3-13-28;2*1-2/h2,4-11H,3,12-14H2,1H3,(H2,24,25);2*1-2H3. The molecule has 3 aromatic heterocycles. The van der Waals surface area contributed by atoms with Crippen LogP contribution in [-0.4, -0.2) is 38.6 Å². The van der Waals surface area contributed by atoms with E-state index in [-0.39, 0.29) is 12.6 Å². The van der Waals surface area contributed by atoms with Crippen molar-refractivity contribution in [2.45, 2.75) is 47.6 Å². The van der Waals surface area contributed by atoms with Crippen LogP contribution < -0.4 is 10.6 Å². The number of esters is 1. The van der Waals surface area contributed by atoms with E-state index in [9.17, 15) is 4.79 Å². The molecule has 4 aromatic rings. The number of pyridine rings is 2. The fourth-order valence-corrected chi connectivity index (χ4v) is 3.63. The van der Waals surface area contributed by atoms with Crippen LogP contribution in [0, 0.1) is 0 Å². The molecule has 1 aliphatic rings. The van der Waals surface area contributed by atoms with Crippen molar-refractivity contribution in [1.82, 2.24) is 19.5 Å². The predicted molar refractivity (Wildman–Crippen MR) is 142 cm³/mol. The van der Waals surface area contributed by atoms with Gasteiger partial charge in [-0.15, -0.1) is 0 Å². The summed E-state index contributed by atoms with van der Waals surface area (Å²) in [4.78, 5) is 27.3. The zero-order valence-electron chi connectivity index (χ0n) is 21.2. The van der Waals surface area contributed by atoms with Crippen molar-refractivity contribution in [2.24, 2.45) is 0 Å². The smallest absolute Gasteiger partial charge is 0.302 e. The third kappa shape index (κ3) is 5.59. The Balaban J connectivity index is 0.000000815. The molecule has 8 heteroatoms. The molecule has 0 unspecified atom stereocenters. The van der Waals surface area contributed by atoms with Crippen LogP contribution in [0.25, 0.3) is 28.2 Å². The van der Waals surface area contributed by atoms with Gasteiger partial charge in [-0.1, -0.05) is 39.8 Å². The molecule has 1 aromatic carbocycles. The van der Waals surface area contributed by atoms with Crippen LogP contribution in [0.2, 0.25) is 0 Å². The number of nitrogens with zero attached hydrogens (tertiary/aromatic N) is 5. The Morgan fingerprint density at radius 3 is 2.31 bits per heavy atom. The Morgan fingerprint density at radius 1 is 1.00 bits per heavy atom. The van der Waals surface area contributed by atoms with Crippen molar-refractivity contribution < 1.29 is 9.53 Å². The first kappa shape index (κ1) is 25.7. The first-order valence-electron chi connectivity index (χ1n) is 12.2. The van der Waals surface area contributed by atoms with Gasteiger partial charge in [-0.3, -0.25) is 9.36 Å². The molecule has 0 aliphatic carbocycles. The molecule has 5 rings (SSSR count). The summed E-state index contributed by atoms with van der Waals surface area (Å²) in [6.45, 7) is 11.7. The summed E-state index contributed by atoms with van der Waals surface area (Å²) < 4.78 is 7.10. The second-order valence-corrected chi connectivity index (χ2v) is 7.51. The number of anilines is 2. The van der Waals surface area contributed by atoms with Gasteiger partial charge in [-0.2, -0.15) is 0 Å². The molecule has 184 valence electrons. The predicted octanol–water partition coefficient (Wildman–Crippen LogP) is 5.39. The molecule has 0 atom stereocenters. The maximum Gasteiger partial charge on any atom is 0.302 e. The van der Waals surface area contributed by atoms with Crippen molar-refractivity contribution >= 4 is 28.8 Å². The van der Waals surface area contributed by atoms with E-state index in [1.807, 2.05) is 80.8 Å². The number of hydrogen-bond donors (Lipinski definition) is 1. The fraction of sp³-hybridized carbons (Fsp3) is 0.333. The number of benzene rings is 1. The molecule has 0 amide bonds. The van der Waals surface area contributed by atoms with Crippen molar-refractivity contribution in [3.63, 3.8) is 0 Å². The number of carbonyl (C=O) groups excluding carboxylic acids is 1. The lowest BCUT2D eigenvalue weighted by molar-refractivity contribution is -0.142. The highest BCUT2D eigenvalue weighted by Crippen LogP contribution is 2.32. The highest BCUT2D eigenvalue weighted by Gasteiger charge is 2.21. The van der Waals surface area contributed by atoms with E-state index in [2.05, 4.69) is 9.88 Å². The van der Waals surface area contributed by atoms with Crippen LogP contribution in [0.5, 0.6) is 0 Å². The Kier molecular flexibility index (Phi) is 8.78. The maximum absolute atomic E-state index is 11.1. The van der Waals surface area contributed by atoms with Crippen molar-refractivity contribution in [1.29, 1.82) is 0 Å². The summed E-state index contributed by atoms with van der Waals surface area (Å²) in [5, 5.41) is 0. The van der Waals surface area contributed by atoms with E-state index in [4.69, 9.17) is 20.4 Å². The zero-order chi connectivity index (χ0) is 25.4. The zero-order valence-corrected chi connectivity index (χ0v) is 21.2. The lowest BCUT2D eigenvalue weighted by Crippen LogP contribution is -2.37. The van der Waals surface area contributed by atoms with Crippen LogP contribution in [0.4, 0.5) is 11.6 Å².